The molecule has 6 nitrogen and oxygen atoms in total. The normalized spacial score (nSPS) is 19.9. The molecule has 5 aromatic rings. The van der Waals surface area contributed by atoms with Crippen LogP contribution in [0.3, 0.4) is 0 Å². The number of nitrogens with zero attached hydrogens (tertiary/aromatic N) is 2. The van der Waals surface area contributed by atoms with Crippen molar-refractivity contribution < 1.29 is 0 Å². The third kappa shape index (κ3) is 4.02. The van der Waals surface area contributed by atoms with Gasteiger partial charge in [-0.3, -0.25) is 0 Å². The molecule has 0 radical (unpaired) electrons. The molecule has 6 heteroatoms. The standard InChI is InChI=1S/C30H30N6/c1-3-25(31-15-1)29-33-18-28(36-29)22-11-9-20(10-12-22)19-5-7-21(8-6-19)23-13-14-24-27(17-23)35-30(34-24)26-4-2-16-32-26/h5-14,17-18,25-26,31-32H,1-4,15-16H2,(H,33,36)(H,34,35)/t25-,26-/m0/s1. The van der Waals surface area contributed by atoms with Crippen LogP contribution >= 0.6 is 0 Å². The minimum absolute atomic E-state index is 0.353. The van der Waals surface area contributed by atoms with E-state index in [4.69, 9.17) is 4.98 Å². The molecule has 0 saturated carbocycles. The molecular weight excluding hydrogens is 444 g/mol. The van der Waals surface area contributed by atoms with Crippen LogP contribution in [0.4, 0.5) is 0 Å². The van der Waals surface area contributed by atoms with Gasteiger partial charge in [-0.05, 0) is 78.7 Å². The van der Waals surface area contributed by atoms with Crippen LogP contribution in [0.2, 0.25) is 0 Å². The second-order valence-corrected chi connectivity index (χ2v) is 9.99. The molecular formula is C30H30N6. The third-order valence-corrected chi connectivity index (χ3v) is 7.62. The third-order valence-electron chi connectivity index (χ3n) is 7.62. The molecule has 2 aromatic heterocycles. The van der Waals surface area contributed by atoms with Crippen molar-refractivity contribution in [2.24, 2.45) is 0 Å². The minimum atomic E-state index is 0.353. The number of fused-ring (bicyclic) bond motifs is 1. The van der Waals surface area contributed by atoms with Gasteiger partial charge in [0.1, 0.15) is 11.6 Å². The fraction of sp³-hybridized carbons (Fsp3) is 0.267. The number of benzene rings is 3. The maximum Gasteiger partial charge on any atom is 0.124 e. The summed E-state index contributed by atoms with van der Waals surface area (Å²) in [4.78, 5) is 16.5. The number of rotatable bonds is 5. The van der Waals surface area contributed by atoms with E-state index in [-0.39, 0.29) is 0 Å². The first kappa shape index (κ1) is 21.5. The van der Waals surface area contributed by atoms with E-state index in [1.807, 2.05) is 6.20 Å². The number of nitrogens with one attached hydrogen (secondary N) is 4. The maximum absolute atomic E-state index is 4.81. The van der Waals surface area contributed by atoms with Crippen molar-refractivity contribution in [3.63, 3.8) is 0 Å². The van der Waals surface area contributed by atoms with Crippen LogP contribution < -0.4 is 10.6 Å². The summed E-state index contributed by atoms with van der Waals surface area (Å²) in [6, 6.07) is 24.7. The quantitative estimate of drug-likeness (QED) is 0.247. The van der Waals surface area contributed by atoms with Gasteiger partial charge in [-0.2, -0.15) is 0 Å². The number of aromatic nitrogens is 4. The van der Waals surface area contributed by atoms with Crippen molar-refractivity contribution in [2.75, 3.05) is 13.1 Å². The Morgan fingerprint density at radius 3 is 1.83 bits per heavy atom. The zero-order valence-electron chi connectivity index (χ0n) is 20.2. The molecule has 3 aromatic carbocycles. The Labute approximate surface area is 210 Å². The molecule has 2 saturated heterocycles. The van der Waals surface area contributed by atoms with Crippen molar-refractivity contribution in [2.45, 2.75) is 37.8 Å². The van der Waals surface area contributed by atoms with Gasteiger partial charge in [-0.25, -0.2) is 9.97 Å². The number of hydrogen-bond acceptors (Lipinski definition) is 4. The highest BCUT2D eigenvalue weighted by Gasteiger charge is 2.20. The average Bonchev–Trinajstić information content (AvgIpc) is 3.75. The van der Waals surface area contributed by atoms with Gasteiger partial charge in [0, 0.05) is 0 Å². The summed E-state index contributed by atoms with van der Waals surface area (Å²) >= 11 is 0. The fourth-order valence-electron chi connectivity index (χ4n) is 5.57. The van der Waals surface area contributed by atoms with Gasteiger partial charge >= 0.3 is 0 Å². The predicted octanol–water partition coefficient (Wildman–Crippen LogP) is 6.14. The first-order valence-corrected chi connectivity index (χ1v) is 13.0. The molecule has 0 aliphatic carbocycles. The van der Waals surface area contributed by atoms with Crippen molar-refractivity contribution in [3.05, 3.63) is 84.6 Å². The molecule has 0 spiro atoms. The SMILES string of the molecule is c1cc(-c2ccc3nc([C@@H]4CCCN4)[nH]c3c2)ccc1-c1ccc(-c2cnc([C@@H]3CCCN3)[nH]2)cc1. The van der Waals surface area contributed by atoms with Gasteiger partial charge in [0.15, 0.2) is 0 Å². The molecule has 2 fully saturated rings. The molecule has 180 valence electrons. The monoisotopic (exact) mass is 474 g/mol. The molecule has 0 amide bonds. The summed E-state index contributed by atoms with van der Waals surface area (Å²) in [5.74, 6) is 2.10. The Morgan fingerprint density at radius 1 is 0.611 bits per heavy atom. The van der Waals surface area contributed by atoms with Gasteiger partial charge in [0.25, 0.3) is 0 Å². The second-order valence-electron chi connectivity index (χ2n) is 9.99. The zero-order valence-corrected chi connectivity index (χ0v) is 20.2. The van der Waals surface area contributed by atoms with E-state index in [0.29, 0.717) is 12.1 Å². The highest BCUT2D eigenvalue weighted by molar-refractivity contribution is 5.82. The van der Waals surface area contributed by atoms with Gasteiger partial charge < -0.3 is 20.6 Å². The number of imidazole rings is 2. The molecule has 36 heavy (non-hydrogen) atoms. The first-order chi connectivity index (χ1) is 17.8. The van der Waals surface area contributed by atoms with Gasteiger partial charge in [-0.15, -0.1) is 0 Å². The summed E-state index contributed by atoms with van der Waals surface area (Å²) in [5, 5.41) is 7.03. The Bertz CT molecular complexity index is 1480. The van der Waals surface area contributed by atoms with Crippen LogP contribution in [0.1, 0.15) is 49.4 Å². The summed E-state index contributed by atoms with van der Waals surface area (Å²) in [5.41, 5.74) is 9.19. The van der Waals surface area contributed by atoms with Crippen LogP contribution in [0.5, 0.6) is 0 Å². The van der Waals surface area contributed by atoms with E-state index in [0.717, 1.165) is 59.9 Å². The van der Waals surface area contributed by atoms with Crippen LogP contribution in [0, 0.1) is 0 Å². The smallest absolute Gasteiger partial charge is 0.124 e. The highest BCUT2D eigenvalue weighted by Crippen LogP contribution is 2.30. The van der Waals surface area contributed by atoms with E-state index in [2.05, 4.69) is 92.3 Å². The van der Waals surface area contributed by atoms with Gasteiger partial charge in [-0.1, -0.05) is 54.6 Å². The van der Waals surface area contributed by atoms with E-state index >= 15 is 0 Å². The Balaban J connectivity index is 1.09. The van der Waals surface area contributed by atoms with Gasteiger partial charge in [0.2, 0.25) is 0 Å². The molecule has 7 rings (SSSR count). The molecule has 2 aliphatic heterocycles. The summed E-state index contributed by atoms with van der Waals surface area (Å²) in [6.45, 7) is 2.15. The Morgan fingerprint density at radius 2 is 1.19 bits per heavy atom. The lowest BCUT2D eigenvalue weighted by atomic mass is 9.99. The van der Waals surface area contributed by atoms with Crippen LogP contribution in [-0.4, -0.2) is 33.0 Å². The fourth-order valence-corrected chi connectivity index (χ4v) is 5.57. The van der Waals surface area contributed by atoms with Gasteiger partial charge in [0.05, 0.1) is 35.0 Å². The highest BCUT2D eigenvalue weighted by atomic mass is 15.0. The maximum atomic E-state index is 4.81. The molecule has 0 unspecified atom stereocenters. The summed E-state index contributed by atoms with van der Waals surface area (Å²) < 4.78 is 0. The summed E-state index contributed by atoms with van der Waals surface area (Å²) in [6.07, 6.45) is 6.67. The largest absolute Gasteiger partial charge is 0.341 e. The average molecular weight is 475 g/mol. The topological polar surface area (TPSA) is 81.4 Å². The van der Waals surface area contributed by atoms with Crippen molar-refractivity contribution in [1.82, 2.24) is 30.6 Å². The number of aromatic amines is 2. The lowest BCUT2D eigenvalue weighted by Gasteiger charge is -2.07. The van der Waals surface area contributed by atoms with Crippen LogP contribution in [-0.2, 0) is 0 Å². The van der Waals surface area contributed by atoms with Crippen LogP contribution in [0.25, 0.3) is 44.5 Å². The predicted molar refractivity (Wildman–Crippen MR) is 145 cm³/mol. The van der Waals surface area contributed by atoms with Crippen molar-refractivity contribution in [3.8, 4) is 33.5 Å². The van der Waals surface area contributed by atoms with Crippen molar-refractivity contribution in [1.29, 1.82) is 0 Å². The van der Waals surface area contributed by atoms with Crippen molar-refractivity contribution >= 4 is 11.0 Å². The van der Waals surface area contributed by atoms with E-state index in [1.165, 1.54) is 35.1 Å². The minimum Gasteiger partial charge on any atom is -0.341 e. The van der Waals surface area contributed by atoms with E-state index < -0.39 is 0 Å². The molecule has 2 atom stereocenters. The lowest BCUT2D eigenvalue weighted by molar-refractivity contribution is 0.613. The number of H-pyrrole nitrogens is 2. The Kier molecular flexibility index (Phi) is 5.41. The molecule has 0 bridgehead atoms. The molecule has 4 N–H and O–H groups in total. The van der Waals surface area contributed by atoms with Crippen LogP contribution in [0.15, 0.2) is 72.9 Å². The molecule has 4 heterocycles. The molecule has 2 aliphatic rings. The lowest BCUT2D eigenvalue weighted by Crippen LogP contribution is -2.14. The first-order valence-electron chi connectivity index (χ1n) is 13.0. The summed E-state index contributed by atoms with van der Waals surface area (Å²) in [7, 11) is 0. The second kappa shape index (κ2) is 9.04. The van der Waals surface area contributed by atoms with E-state index in [9.17, 15) is 0 Å². The van der Waals surface area contributed by atoms with E-state index in [1.54, 1.807) is 0 Å². The Hall–Kier alpha value is -3.74. The zero-order chi connectivity index (χ0) is 23.9. The number of hydrogen-bond donors (Lipinski definition) is 4.